The molecule has 2 aliphatic heterocycles. The monoisotopic (exact) mass is 448 g/mol. The van der Waals surface area contributed by atoms with E-state index in [1.807, 2.05) is 0 Å². The summed E-state index contributed by atoms with van der Waals surface area (Å²) in [4.78, 5) is 3.65. The van der Waals surface area contributed by atoms with Crippen LogP contribution in [0.15, 0.2) is 24.3 Å². The third-order valence-corrected chi connectivity index (χ3v) is 8.96. The van der Waals surface area contributed by atoms with Gasteiger partial charge in [0.05, 0.1) is 29.3 Å². The smallest absolute Gasteiger partial charge is 0.399 e. The van der Waals surface area contributed by atoms with Crippen molar-refractivity contribution < 1.29 is 18.8 Å². The van der Waals surface area contributed by atoms with Crippen LogP contribution in [0, 0.1) is 0 Å². The SMILES string of the molecule is CCCCCCC1(c2ccc(-c3ccc(B4OC(C)(C)C(C)(C)O4)s3)s2)OCCO1. The van der Waals surface area contributed by atoms with Crippen LogP contribution >= 0.6 is 22.7 Å². The minimum atomic E-state index is -0.553. The topological polar surface area (TPSA) is 36.9 Å². The van der Waals surface area contributed by atoms with Gasteiger partial charge in [-0.1, -0.05) is 32.3 Å². The van der Waals surface area contributed by atoms with E-state index in [0.29, 0.717) is 13.2 Å². The van der Waals surface area contributed by atoms with Crippen molar-refractivity contribution >= 4 is 34.6 Å². The first kappa shape index (κ1) is 22.5. The van der Waals surface area contributed by atoms with Crippen LogP contribution in [0.3, 0.4) is 0 Å². The molecule has 2 aromatic rings. The second-order valence-electron chi connectivity index (χ2n) is 9.21. The van der Waals surface area contributed by atoms with Crippen LogP contribution in [0.4, 0.5) is 0 Å². The van der Waals surface area contributed by atoms with E-state index in [0.717, 1.165) is 17.6 Å². The summed E-state index contributed by atoms with van der Waals surface area (Å²) in [6, 6.07) is 8.67. The Bertz CT molecular complexity index is 835. The van der Waals surface area contributed by atoms with Crippen LogP contribution < -0.4 is 4.78 Å². The molecule has 2 aliphatic rings. The third-order valence-electron chi connectivity index (χ3n) is 6.45. The molecule has 4 nitrogen and oxygen atoms in total. The zero-order valence-corrected chi connectivity index (χ0v) is 20.4. The molecule has 30 heavy (non-hydrogen) atoms. The zero-order chi connectivity index (χ0) is 21.4. The minimum absolute atomic E-state index is 0.306. The number of hydrogen-bond donors (Lipinski definition) is 0. The largest absolute Gasteiger partial charge is 0.505 e. The van der Waals surface area contributed by atoms with Gasteiger partial charge in [-0.15, -0.1) is 22.7 Å². The van der Waals surface area contributed by atoms with Crippen molar-refractivity contribution in [2.75, 3.05) is 13.2 Å². The van der Waals surface area contributed by atoms with Crippen molar-refractivity contribution in [3.8, 4) is 9.75 Å². The lowest BCUT2D eigenvalue weighted by Crippen LogP contribution is -2.41. The van der Waals surface area contributed by atoms with Gasteiger partial charge in [0.15, 0.2) is 0 Å². The average Bonchev–Trinajstić information content (AvgIpc) is 3.46. The molecule has 7 heteroatoms. The Kier molecular flexibility index (Phi) is 6.51. The molecule has 0 N–H and O–H groups in total. The number of unbranched alkanes of at least 4 members (excludes halogenated alkanes) is 3. The van der Waals surface area contributed by atoms with E-state index in [-0.39, 0.29) is 18.3 Å². The van der Waals surface area contributed by atoms with Crippen LogP contribution in [0.25, 0.3) is 9.75 Å². The van der Waals surface area contributed by atoms with Crippen molar-refractivity contribution in [1.29, 1.82) is 0 Å². The molecule has 0 unspecified atom stereocenters. The summed E-state index contributed by atoms with van der Waals surface area (Å²) >= 11 is 3.52. The predicted molar refractivity (Wildman–Crippen MR) is 126 cm³/mol. The maximum atomic E-state index is 6.22. The average molecular weight is 448 g/mol. The van der Waals surface area contributed by atoms with E-state index in [1.54, 1.807) is 22.7 Å². The number of ether oxygens (including phenoxy) is 2. The fourth-order valence-electron chi connectivity index (χ4n) is 3.90. The second-order valence-corrected chi connectivity index (χ2v) is 11.4. The molecule has 0 aliphatic carbocycles. The maximum Gasteiger partial charge on any atom is 0.505 e. The highest BCUT2D eigenvalue weighted by molar-refractivity contribution is 7.28. The summed E-state index contributed by atoms with van der Waals surface area (Å²) in [7, 11) is -0.306. The van der Waals surface area contributed by atoms with Crippen molar-refractivity contribution in [2.24, 2.45) is 0 Å². The Morgan fingerprint density at radius 3 is 2.13 bits per heavy atom. The molecule has 0 saturated carbocycles. The highest BCUT2D eigenvalue weighted by Gasteiger charge is 2.52. The van der Waals surface area contributed by atoms with Gasteiger partial charge < -0.3 is 18.8 Å². The van der Waals surface area contributed by atoms with Crippen LogP contribution in [-0.2, 0) is 24.6 Å². The molecule has 2 saturated heterocycles. The molecule has 2 fully saturated rings. The molecule has 4 heterocycles. The standard InChI is InChI=1S/C23H33BO4S2/c1-6-7-8-9-14-23(25-15-16-26-23)19-12-10-17(29-19)18-11-13-20(30-18)24-27-21(2,3)22(4,5)28-24/h10-13H,6-9,14-16H2,1-5H3. The Morgan fingerprint density at radius 1 is 0.833 bits per heavy atom. The summed E-state index contributed by atoms with van der Waals surface area (Å²) in [6.07, 6.45) is 5.79. The molecule has 0 radical (unpaired) electrons. The van der Waals surface area contributed by atoms with Gasteiger partial charge in [0.25, 0.3) is 0 Å². The van der Waals surface area contributed by atoms with Gasteiger partial charge in [0, 0.05) is 21.0 Å². The Labute approximate surface area is 189 Å². The van der Waals surface area contributed by atoms with Gasteiger partial charge in [-0.2, -0.15) is 0 Å². The highest BCUT2D eigenvalue weighted by Crippen LogP contribution is 2.43. The molecule has 4 rings (SSSR count). The summed E-state index contributed by atoms with van der Waals surface area (Å²) in [5, 5.41) is 0. The predicted octanol–water partition coefficient (Wildman–Crippen LogP) is 5.95. The molecule has 164 valence electrons. The quantitative estimate of drug-likeness (QED) is 0.370. The van der Waals surface area contributed by atoms with Crippen molar-refractivity contribution in [1.82, 2.24) is 0 Å². The molecule has 0 atom stereocenters. The molecule has 0 spiro atoms. The lowest BCUT2D eigenvalue weighted by atomic mass is 9.88. The summed E-state index contributed by atoms with van der Waals surface area (Å²) in [5.41, 5.74) is -0.640. The Morgan fingerprint density at radius 2 is 1.47 bits per heavy atom. The lowest BCUT2D eigenvalue weighted by molar-refractivity contribution is -0.169. The Balaban J connectivity index is 1.49. The first-order valence-electron chi connectivity index (χ1n) is 11.1. The minimum Gasteiger partial charge on any atom is -0.399 e. The van der Waals surface area contributed by atoms with E-state index >= 15 is 0 Å². The third kappa shape index (κ3) is 4.30. The Hall–Kier alpha value is -0.695. The second kappa shape index (κ2) is 8.68. The maximum absolute atomic E-state index is 6.22. The van der Waals surface area contributed by atoms with Crippen molar-refractivity contribution in [3.63, 3.8) is 0 Å². The summed E-state index contributed by atoms with van der Waals surface area (Å²) in [5.74, 6) is -0.553. The van der Waals surface area contributed by atoms with E-state index in [4.69, 9.17) is 18.8 Å². The lowest BCUT2D eigenvalue weighted by Gasteiger charge is -2.32. The van der Waals surface area contributed by atoms with Crippen LogP contribution in [0.5, 0.6) is 0 Å². The molecular weight excluding hydrogens is 415 g/mol. The molecule has 0 bridgehead atoms. The molecule has 0 amide bonds. The van der Waals surface area contributed by atoms with Gasteiger partial charge in [-0.3, -0.25) is 0 Å². The van der Waals surface area contributed by atoms with E-state index in [9.17, 15) is 0 Å². The van der Waals surface area contributed by atoms with Gasteiger partial charge in [0.1, 0.15) is 0 Å². The normalized spacial score (nSPS) is 22.1. The number of hydrogen-bond acceptors (Lipinski definition) is 6. The summed E-state index contributed by atoms with van der Waals surface area (Å²) < 4.78 is 25.8. The van der Waals surface area contributed by atoms with Crippen LogP contribution in [0.2, 0.25) is 0 Å². The first-order chi connectivity index (χ1) is 14.3. The van der Waals surface area contributed by atoms with Gasteiger partial charge in [-0.25, -0.2) is 0 Å². The number of thiophene rings is 2. The van der Waals surface area contributed by atoms with E-state index < -0.39 is 5.79 Å². The van der Waals surface area contributed by atoms with Crippen molar-refractivity contribution in [2.45, 2.75) is 83.7 Å². The van der Waals surface area contributed by atoms with Gasteiger partial charge in [0.2, 0.25) is 5.79 Å². The molecular formula is C23H33BO4S2. The van der Waals surface area contributed by atoms with Crippen molar-refractivity contribution in [3.05, 3.63) is 29.1 Å². The fourth-order valence-corrected chi connectivity index (χ4v) is 6.09. The van der Waals surface area contributed by atoms with Gasteiger partial charge >= 0.3 is 7.12 Å². The molecule has 0 aromatic carbocycles. The van der Waals surface area contributed by atoms with E-state index in [2.05, 4.69) is 58.9 Å². The van der Waals surface area contributed by atoms with E-state index in [1.165, 1.54) is 33.9 Å². The van der Waals surface area contributed by atoms with Gasteiger partial charge in [-0.05, 0) is 52.3 Å². The first-order valence-corrected chi connectivity index (χ1v) is 12.7. The zero-order valence-electron chi connectivity index (χ0n) is 18.8. The highest BCUT2D eigenvalue weighted by atomic mass is 32.1. The summed E-state index contributed by atoms with van der Waals surface area (Å²) in [6.45, 7) is 12.0. The fraction of sp³-hybridized carbons (Fsp3) is 0.652. The van der Waals surface area contributed by atoms with Crippen LogP contribution in [-0.4, -0.2) is 31.5 Å². The molecule has 2 aromatic heterocycles. The number of rotatable bonds is 8. The van der Waals surface area contributed by atoms with Crippen LogP contribution in [0.1, 0.15) is 71.6 Å².